The standard InChI is InChI=1S/C16H19N3O/c1-12-11-17-9-10-19(12)16(20)18-15-8-4-6-13-5-2-3-7-14(13)15/h2-8,12,17H,9-11H2,1H3,(H,18,20)/t12-/m1/s1. The van der Waals surface area contributed by atoms with Gasteiger partial charge in [-0.05, 0) is 18.4 Å². The molecule has 0 aliphatic carbocycles. The molecule has 4 nitrogen and oxygen atoms in total. The summed E-state index contributed by atoms with van der Waals surface area (Å²) in [5.41, 5.74) is 0.874. The number of nitrogens with one attached hydrogen (secondary N) is 2. The van der Waals surface area contributed by atoms with Crippen molar-refractivity contribution >= 4 is 22.5 Å². The Morgan fingerprint density at radius 1 is 1.25 bits per heavy atom. The first-order valence-electron chi connectivity index (χ1n) is 7.02. The summed E-state index contributed by atoms with van der Waals surface area (Å²) in [6.07, 6.45) is 0. The van der Waals surface area contributed by atoms with Crippen LogP contribution in [0.3, 0.4) is 0 Å². The van der Waals surface area contributed by atoms with Crippen molar-refractivity contribution in [2.45, 2.75) is 13.0 Å². The monoisotopic (exact) mass is 269 g/mol. The van der Waals surface area contributed by atoms with Crippen LogP contribution in [0.2, 0.25) is 0 Å². The smallest absolute Gasteiger partial charge is 0.319 e. The van der Waals surface area contributed by atoms with E-state index in [1.54, 1.807) is 0 Å². The number of carbonyl (C=O) groups excluding carboxylic acids is 1. The highest BCUT2D eigenvalue weighted by Crippen LogP contribution is 2.23. The van der Waals surface area contributed by atoms with E-state index < -0.39 is 0 Å². The molecular formula is C16H19N3O. The Morgan fingerprint density at radius 2 is 2.05 bits per heavy atom. The van der Waals surface area contributed by atoms with Gasteiger partial charge in [-0.25, -0.2) is 4.79 Å². The molecule has 1 fully saturated rings. The van der Waals surface area contributed by atoms with Gasteiger partial charge in [0.25, 0.3) is 0 Å². The highest BCUT2D eigenvalue weighted by molar-refractivity contribution is 6.01. The summed E-state index contributed by atoms with van der Waals surface area (Å²) in [4.78, 5) is 14.3. The number of rotatable bonds is 1. The summed E-state index contributed by atoms with van der Waals surface area (Å²) in [5.74, 6) is 0. The first-order valence-corrected chi connectivity index (χ1v) is 7.02. The average Bonchev–Trinajstić information content (AvgIpc) is 2.48. The van der Waals surface area contributed by atoms with E-state index in [0.29, 0.717) is 0 Å². The molecule has 2 aromatic rings. The second kappa shape index (κ2) is 5.51. The lowest BCUT2D eigenvalue weighted by Gasteiger charge is -2.34. The lowest BCUT2D eigenvalue weighted by atomic mass is 10.1. The van der Waals surface area contributed by atoms with Crippen molar-refractivity contribution in [1.82, 2.24) is 10.2 Å². The largest absolute Gasteiger partial charge is 0.322 e. The van der Waals surface area contributed by atoms with E-state index in [-0.39, 0.29) is 12.1 Å². The van der Waals surface area contributed by atoms with E-state index in [9.17, 15) is 4.79 Å². The number of piperazine rings is 1. The third-order valence-corrected chi connectivity index (χ3v) is 3.79. The van der Waals surface area contributed by atoms with Crippen molar-refractivity contribution in [2.24, 2.45) is 0 Å². The minimum Gasteiger partial charge on any atom is -0.319 e. The van der Waals surface area contributed by atoms with E-state index >= 15 is 0 Å². The summed E-state index contributed by atoms with van der Waals surface area (Å²) < 4.78 is 0. The van der Waals surface area contributed by atoms with Gasteiger partial charge in [-0.1, -0.05) is 36.4 Å². The van der Waals surface area contributed by atoms with Crippen molar-refractivity contribution in [3.05, 3.63) is 42.5 Å². The van der Waals surface area contributed by atoms with Crippen LogP contribution in [0.15, 0.2) is 42.5 Å². The van der Waals surface area contributed by atoms with E-state index in [1.807, 2.05) is 35.2 Å². The average molecular weight is 269 g/mol. The van der Waals surface area contributed by atoms with E-state index in [2.05, 4.69) is 29.7 Å². The SMILES string of the molecule is C[C@@H]1CNCCN1C(=O)Nc1cccc2ccccc12. The molecule has 2 aromatic carbocycles. The maximum atomic E-state index is 12.4. The molecular weight excluding hydrogens is 250 g/mol. The molecule has 3 rings (SSSR count). The summed E-state index contributed by atoms with van der Waals surface area (Å²) in [6, 6.07) is 14.3. The van der Waals surface area contributed by atoms with Gasteiger partial charge in [-0.3, -0.25) is 0 Å². The molecule has 1 saturated heterocycles. The fraction of sp³-hybridized carbons (Fsp3) is 0.312. The fourth-order valence-electron chi connectivity index (χ4n) is 2.66. The van der Waals surface area contributed by atoms with Crippen LogP contribution in [0.1, 0.15) is 6.92 Å². The molecule has 1 aliphatic rings. The molecule has 0 saturated carbocycles. The van der Waals surface area contributed by atoms with Gasteiger partial charge in [0.05, 0.1) is 5.69 Å². The Balaban J connectivity index is 1.84. The zero-order valence-electron chi connectivity index (χ0n) is 11.6. The van der Waals surface area contributed by atoms with E-state index in [0.717, 1.165) is 36.1 Å². The van der Waals surface area contributed by atoms with Gasteiger partial charge in [0.2, 0.25) is 0 Å². The van der Waals surface area contributed by atoms with Crippen LogP contribution in [-0.2, 0) is 0 Å². The number of benzene rings is 2. The van der Waals surface area contributed by atoms with Gasteiger partial charge in [0, 0.05) is 31.1 Å². The number of fused-ring (bicyclic) bond motifs is 1. The van der Waals surface area contributed by atoms with Crippen molar-refractivity contribution in [3.63, 3.8) is 0 Å². The summed E-state index contributed by atoms with van der Waals surface area (Å²) in [6.45, 7) is 4.52. The molecule has 0 unspecified atom stereocenters. The van der Waals surface area contributed by atoms with Crippen LogP contribution < -0.4 is 10.6 Å². The van der Waals surface area contributed by atoms with Crippen molar-refractivity contribution in [3.8, 4) is 0 Å². The van der Waals surface area contributed by atoms with Crippen LogP contribution >= 0.6 is 0 Å². The zero-order valence-corrected chi connectivity index (χ0v) is 11.6. The normalized spacial score (nSPS) is 19.1. The minimum absolute atomic E-state index is 0.0182. The molecule has 4 heteroatoms. The van der Waals surface area contributed by atoms with Gasteiger partial charge in [0.1, 0.15) is 0 Å². The van der Waals surface area contributed by atoms with Gasteiger partial charge in [-0.2, -0.15) is 0 Å². The number of nitrogens with zero attached hydrogens (tertiary/aromatic N) is 1. The Kier molecular flexibility index (Phi) is 3.56. The maximum absolute atomic E-state index is 12.4. The first kappa shape index (κ1) is 12.9. The summed E-state index contributed by atoms with van der Waals surface area (Å²) >= 11 is 0. The molecule has 0 spiro atoms. The predicted molar refractivity (Wildman–Crippen MR) is 82.0 cm³/mol. The quantitative estimate of drug-likeness (QED) is 0.836. The molecule has 2 N–H and O–H groups in total. The Labute approximate surface area is 118 Å². The minimum atomic E-state index is -0.0182. The molecule has 20 heavy (non-hydrogen) atoms. The molecule has 1 aliphatic heterocycles. The van der Waals surface area contributed by atoms with Crippen LogP contribution in [0, 0.1) is 0 Å². The summed E-state index contributed by atoms with van der Waals surface area (Å²) in [5, 5.41) is 8.55. The number of hydrogen-bond acceptors (Lipinski definition) is 2. The van der Waals surface area contributed by atoms with Crippen molar-refractivity contribution < 1.29 is 4.79 Å². The number of carbonyl (C=O) groups is 1. The van der Waals surface area contributed by atoms with Crippen LogP contribution in [0.25, 0.3) is 10.8 Å². The Morgan fingerprint density at radius 3 is 2.90 bits per heavy atom. The highest BCUT2D eigenvalue weighted by Gasteiger charge is 2.23. The number of anilines is 1. The van der Waals surface area contributed by atoms with Crippen molar-refractivity contribution in [2.75, 3.05) is 25.0 Å². The lowest BCUT2D eigenvalue weighted by Crippen LogP contribution is -2.53. The van der Waals surface area contributed by atoms with Gasteiger partial charge >= 0.3 is 6.03 Å². The Bertz CT molecular complexity index is 621. The Hall–Kier alpha value is -2.07. The third-order valence-electron chi connectivity index (χ3n) is 3.79. The van der Waals surface area contributed by atoms with E-state index in [1.165, 1.54) is 0 Å². The highest BCUT2D eigenvalue weighted by atomic mass is 16.2. The van der Waals surface area contributed by atoms with E-state index in [4.69, 9.17) is 0 Å². The topological polar surface area (TPSA) is 44.4 Å². The lowest BCUT2D eigenvalue weighted by molar-refractivity contribution is 0.177. The van der Waals surface area contributed by atoms with Gasteiger partial charge < -0.3 is 15.5 Å². The second-order valence-corrected chi connectivity index (χ2v) is 5.20. The van der Waals surface area contributed by atoms with Crippen molar-refractivity contribution in [1.29, 1.82) is 0 Å². The van der Waals surface area contributed by atoms with Gasteiger partial charge in [0.15, 0.2) is 0 Å². The predicted octanol–water partition coefficient (Wildman–Crippen LogP) is 2.67. The molecule has 1 heterocycles. The zero-order chi connectivity index (χ0) is 13.9. The van der Waals surface area contributed by atoms with Gasteiger partial charge in [-0.15, -0.1) is 0 Å². The molecule has 1 atom stereocenters. The first-order chi connectivity index (χ1) is 9.75. The molecule has 0 aromatic heterocycles. The second-order valence-electron chi connectivity index (χ2n) is 5.20. The maximum Gasteiger partial charge on any atom is 0.322 e. The third kappa shape index (κ3) is 2.47. The molecule has 0 bridgehead atoms. The number of urea groups is 1. The summed E-state index contributed by atoms with van der Waals surface area (Å²) in [7, 11) is 0. The molecule has 104 valence electrons. The number of amides is 2. The van der Waals surface area contributed by atoms with Crippen LogP contribution in [0.4, 0.5) is 10.5 Å². The molecule has 2 amide bonds. The van der Waals surface area contributed by atoms with Crippen LogP contribution in [-0.4, -0.2) is 36.6 Å². The van der Waals surface area contributed by atoms with Crippen LogP contribution in [0.5, 0.6) is 0 Å². The fourth-order valence-corrected chi connectivity index (χ4v) is 2.66. The number of hydrogen-bond donors (Lipinski definition) is 2. The molecule has 0 radical (unpaired) electrons.